The van der Waals surface area contributed by atoms with Crippen LogP contribution in [0.1, 0.15) is 0 Å². The van der Waals surface area contributed by atoms with E-state index in [1.165, 1.54) is 6.33 Å². The topological polar surface area (TPSA) is 43.6 Å². The molecule has 0 amide bonds. The first-order valence-electron chi connectivity index (χ1n) is 6.99. The minimum Gasteiger partial charge on any atom is -0.270 e. The molecule has 0 atom stereocenters. The predicted octanol–water partition coefficient (Wildman–Crippen LogP) is 4.62. The van der Waals surface area contributed by atoms with E-state index >= 15 is 0 Å². The summed E-state index contributed by atoms with van der Waals surface area (Å²) in [5.41, 5.74) is 1.87. The van der Waals surface area contributed by atoms with E-state index in [1.54, 1.807) is 18.0 Å². The third kappa shape index (κ3) is 2.69. The maximum atomic E-state index is 6.31. The molecule has 4 aromatic rings. The fourth-order valence-corrected chi connectivity index (χ4v) is 3.46. The highest BCUT2D eigenvalue weighted by Crippen LogP contribution is 2.33. The van der Waals surface area contributed by atoms with E-state index in [2.05, 4.69) is 22.1 Å². The zero-order chi connectivity index (χ0) is 15.6. The van der Waals surface area contributed by atoms with Crippen molar-refractivity contribution in [3.05, 3.63) is 72.1 Å². The van der Waals surface area contributed by atoms with E-state index in [-0.39, 0.29) is 0 Å². The van der Waals surface area contributed by atoms with Crippen LogP contribution in [-0.4, -0.2) is 19.5 Å². The van der Waals surface area contributed by atoms with E-state index in [4.69, 9.17) is 16.6 Å². The van der Waals surface area contributed by atoms with Crippen LogP contribution in [0.2, 0.25) is 5.02 Å². The number of rotatable bonds is 3. The lowest BCUT2D eigenvalue weighted by Gasteiger charge is -2.09. The zero-order valence-electron chi connectivity index (χ0n) is 11.9. The number of para-hydroxylation sites is 2. The minimum atomic E-state index is 0.491. The van der Waals surface area contributed by atoms with Crippen molar-refractivity contribution in [1.29, 1.82) is 0 Å². The van der Waals surface area contributed by atoms with Crippen LogP contribution in [0.15, 0.2) is 77.2 Å². The summed E-state index contributed by atoms with van der Waals surface area (Å²) in [4.78, 5) is 14.1. The Bertz CT molecular complexity index is 969. The van der Waals surface area contributed by atoms with Gasteiger partial charge in [0.1, 0.15) is 11.3 Å². The monoisotopic (exact) mass is 338 g/mol. The maximum Gasteiger partial charge on any atom is 0.179 e. The lowest BCUT2D eigenvalue weighted by Crippen LogP contribution is -2.00. The number of halogens is 1. The third-order valence-electron chi connectivity index (χ3n) is 3.34. The van der Waals surface area contributed by atoms with Crippen LogP contribution in [-0.2, 0) is 0 Å². The number of hydrogen-bond acceptors (Lipinski definition) is 4. The van der Waals surface area contributed by atoms with Gasteiger partial charge in [0.2, 0.25) is 0 Å². The first-order valence-corrected chi connectivity index (χ1v) is 8.18. The van der Waals surface area contributed by atoms with Gasteiger partial charge in [-0.1, -0.05) is 53.7 Å². The Morgan fingerprint density at radius 2 is 1.74 bits per heavy atom. The van der Waals surface area contributed by atoms with Crippen LogP contribution in [0.3, 0.4) is 0 Å². The summed E-state index contributed by atoms with van der Waals surface area (Å²) < 4.78 is 1.97. The summed E-state index contributed by atoms with van der Waals surface area (Å²) in [5, 5.41) is 1.31. The predicted molar refractivity (Wildman–Crippen MR) is 92.2 cm³/mol. The van der Waals surface area contributed by atoms with Gasteiger partial charge in [-0.15, -0.1) is 0 Å². The van der Waals surface area contributed by atoms with Crippen LogP contribution < -0.4 is 0 Å². The summed E-state index contributed by atoms with van der Waals surface area (Å²) in [6, 6.07) is 18.1. The average molecular weight is 339 g/mol. The Balaban J connectivity index is 1.94. The van der Waals surface area contributed by atoms with E-state index < -0.39 is 0 Å². The zero-order valence-corrected chi connectivity index (χ0v) is 13.5. The SMILES string of the molecule is Clc1cncnc1-n1c(Sc2ccccc2)nc2ccccc21. The second-order valence-electron chi connectivity index (χ2n) is 4.83. The number of aromatic nitrogens is 4. The molecule has 23 heavy (non-hydrogen) atoms. The summed E-state index contributed by atoms with van der Waals surface area (Å²) in [6.45, 7) is 0. The van der Waals surface area contributed by atoms with Crippen molar-refractivity contribution in [2.75, 3.05) is 0 Å². The molecule has 0 fully saturated rings. The Morgan fingerprint density at radius 1 is 0.957 bits per heavy atom. The van der Waals surface area contributed by atoms with Crippen molar-refractivity contribution < 1.29 is 0 Å². The van der Waals surface area contributed by atoms with E-state index in [9.17, 15) is 0 Å². The Morgan fingerprint density at radius 3 is 2.57 bits per heavy atom. The van der Waals surface area contributed by atoms with Crippen LogP contribution in [0.25, 0.3) is 16.9 Å². The fourth-order valence-electron chi connectivity index (χ4n) is 2.34. The number of hydrogen-bond donors (Lipinski definition) is 0. The summed E-state index contributed by atoms with van der Waals surface area (Å²) in [7, 11) is 0. The second kappa shape index (κ2) is 6.02. The van der Waals surface area contributed by atoms with Crippen molar-refractivity contribution in [3.8, 4) is 5.82 Å². The molecule has 4 nitrogen and oxygen atoms in total. The molecule has 6 heteroatoms. The number of nitrogens with zero attached hydrogens (tertiary/aromatic N) is 4. The summed E-state index contributed by atoms with van der Waals surface area (Å²) in [6.07, 6.45) is 3.09. The molecule has 0 aliphatic heterocycles. The van der Waals surface area contributed by atoms with Crippen molar-refractivity contribution in [2.45, 2.75) is 10.1 Å². The van der Waals surface area contributed by atoms with Gasteiger partial charge in [0.15, 0.2) is 11.0 Å². The molecule has 0 unspecified atom stereocenters. The Labute approximate surface area is 142 Å². The van der Waals surface area contributed by atoms with Gasteiger partial charge >= 0.3 is 0 Å². The highest BCUT2D eigenvalue weighted by molar-refractivity contribution is 7.99. The molecule has 0 saturated heterocycles. The molecule has 0 aliphatic rings. The van der Waals surface area contributed by atoms with Crippen LogP contribution in [0, 0.1) is 0 Å². The molecular weight excluding hydrogens is 328 g/mol. The van der Waals surface area contributed by atoms with Crippen molar-refractivity contribution >= 4 is 34.4 Å². The summed E-state index contributed by atoms with van der Waals surface area (Å²) >= 11 is 7.88. The van der Waals surface area contributed by atoms with E-state index in [1.807, 2.05) is 47.0 Å². The lowest BCUT2D eigenvalue weighted by molar-refractivity contribution is 0.878. The first-order chi connectivity index (χ1) is 11.3. The Kier molecular flexibility index (Phi) is 3.73. The second-order valence-corrected chi connectivity index (χ2v) is 6.28. The van der Waals surface area contributed by atoms with Crippen LogP contribution >= 0.6 is 23.4 Å². The van der Waals surface area contributed by atoms with E-state index in [0.29, 0.717) is 10.8 Å². The molecule has 0 bridgehead atoms. The molecule has 2 aromatic heterocycles. The minimum absolute atomic E-state index is 0.491. The highest BCUT2D eigenvalue weighted by Gasteiger charge is 2.16. The molecule has 4 rings (SSSR count). The molecular formula is C17H11ClN4S. The lowest BCUT2D eigenvalue weighted by atomic mass is 10.3. The third-order valence-corrected chi connectivity index (χ3v) is 4.57. The molecule has 112 valence electrons. The van der Waals surface area contributed by atoms with Gasteiger partial charge in [-0.2, -0.15) is 0 Å². The van der Waals surface area contributed by atoms with Crippen LogP contribution in [0.5, 0.6) is 0 Å². The van der Waals surface area contributed by atoms with Crippen molar-refractivity contribution in [3.63, 3.8) is 0 Å². The van der Waals surface area contributed by atoms with Gasteiger partial charge in [-0.25, -0.2) is 15.0 Å². The van der Waals surface area contributed by atoms with E-state index in [0.717, 1.165) is 21.1 Å². The number of imidazole rings is 1. The largest absolute Gasteiger partial charge is 0.270 e. The van der Waals surface area contributed by atoms with Gasteiger partial charge in [-0.05, 0) is 24.3 Å². The van der Waals surface area contributed by atoms with Crippen molar-refractivity contribution in [2.24, 2.45) is 0 Å². The summed E-state index contributed by atoms with van der Waals surface area (Å²) in [5.74, 6) is 0.633. The molecule has 2 heterocycles. The number of fused-ring (bicyclic) bond motifs is 1. The molecule has 0 aliphatic carbocycles. The quantitative estimate of drug-likeness (QED) is 0.546. The normalized spacial score (nSPS) is 11.0. The molecule has 0 N–H and O–H groups in total. The van der Waals surface area contributed by atoms with Crippen molar-refractivity contribution in [1.82, 2.24) is 19.5 Å². The van der Waals surface area contributed by atoms with Gasteiger partial charge in [0.25, 0.3) is 0 Å². The molecule has 0 radical (unpaired) electrons. The van der Waals surface area contributed by atoms with Gasteiger partial charge in [0, 0.05) is 4.90 Å². The van der Waals surface area contributed by atoms with Gasteiger partial charge in [-0.3, -0.25) is 4.57 Å². The van der Waals surface area contributed by atoms with Crippen LogP contribution in [0.4, 0.5) is 0 Å². The first kappa shape index (κ1) is 14.2. The van der Waals surface area contributed by atoms with Gasteiger partial charge in [0.05, 0.1) is 17.2 Å². The average Bonchev–Trinajstić information content (AvgIpc) is 2.94. The Hall–Kier alpha value is -2.37. The standard InChI is InChI=1S/C17H11ClN4S/c18-13-10-19-11-20-16(13)22-15-9-5-4-8-14(15)21-17(22)23-12-6-2-1-3-7-12/h1-11H. The highest BCUT2D eigenvalue weighted by atomic mass is 35.5. The molecule has 0 saturated carbocycles. The number of benzene rings is 2. The smallest absolute Gasteiger partial charge is 0.179 e. The van der Waals surface area contributed by atoms with Gasteiger partial charge < -0.3 is 0 Å². The molecule has 0 spiro atoms. The molecule has 2 aromatic carbocycles. The fraction of sp³-hybridized carbons (Fsp3) is 0. The maximum absolute atomic E-state index is 6.31.